The lowest BCUT2D eigenvalue weighted by Crippen LogP contribution is -2.09. The molecule has 0 aliphatic rings. The van der Waals surface area contributed by atoms with Crippen molar-refractivity contribution >= 4 is 11.8 Å². The first-order chi connectivity index (χ1) is 6.04. The molecule has 1 nitrogen and oxygen atoms in total. The zero-order valence-corrected chi connectivity index (χ0v) is 9.70. The van der Waals surface area contributed by atoms with Gasteiger partial charge in [0.15, 0.2) is 0 Å². The largest absolute Gasteiger partial charge is 0.465 e. The normalized spacial score (nSPS) is 12.0. The Labute approximate surface area is 84.9 Å². The maximum Gasteiger partial charge on any atom is 0.114 e. The highest BCUT2D eigenvalue weighted by atomic mass is 32.2. The van der Waals surface area contributed by atoms with Crippen molar-refractivity contribution in [2.75, 3.05) is 5.75 Å². The van der Waals surface area contributed by atoms with Gasteiger partial charge < -0.3 is 4.42 Å². The maximum absolute atomic E-state index is 5.73. The van der Waals surface area contributed by atoms with Gasteiger partial charge in [-0.05, 0) is 17.9 Å². The Morgan fingerprint density at radius 1 is 1.31 bits per heavy atom. The molecule has 1 aromatic rings. The highest BCUT2D eigenvalue weighted by Crippen LogP contribution is 2.25. The predicted molar refractivity (Wildman–Crippen MR) is 59.2 cm³/mol. The molecular weight excluding hydrogens is 180 g/mol. The minimum Gasteiger partial charge on any atom is -0.465 e. The second kappa shape index (κ2) is 4.23. The number of thioether (sulfide) groups is 1. The van der Waals surface area contributed by atoms with Crippen LogP contribution >= 0.6 is 11.8 Å². The second-order valence-corrected chi connectivity index (χ2v) is 5.43. The Bertz CT molecular complexity index is 257. The van der Waals surface area contributed by atoms with E-state index in [2.05, 4.69) is 39.8 Å². The number of hydrogen-bond acceptors (Lipinski definition) is 2. The quantitative estimate of drug-likeness (QED) is 0.732. The molecule has 1 rings (SSSR count). The van der Waals surface area contributed by atoms with Gasteiger partial charge in [0.1, 0.15) is 11.5 Å². The molecule has 0 saturated carbocycles. The molecule has 0 unspecified atom stereocenters. The maximum atomic E-state index is 5.73. The minimum absolute atomic E-state index is 0.134. The molecule has 13 heavy (non-hydrogen) atoms. The van der Waals surface area contributed by atoms with Crippen molar-refractivity contribution in [3.05, 3.63) is 23.7 Å². The van der Waals surface area contributed by atoms with Crippen LogP contribution in [-0.4, -0.2) is 5.75 Å². The summed E-state index contributed by atoms with van der Waals surface area (Å²) < 4.78 is 5.73. The number of hydrogen-bond donors (Lipinski definition) is 0. The van der Waals surface area contributed by atoms with Gasteiger partial charge >= 0.3 is 0 Å². The lowest BCUT2D eigenvalue weighted by molar-refractivity contribution is 0.394. The van der Waals surface area contributed by atoms with E-state index in [9.17, 15) is 0 Å². The molecule has 0 saturated heterocycles. The first kappa shape index (κ1) is 10.7. The summed E-state index contributed by atoms with van der Waals surface area (Å²) in [6, 6.07) is 4.18. The summed E-state index contributed by atoms with van der Waals surface area (Å²) in [6.07, 6.45) is 0. The molecule has 0 aromatic carbocycles. The molecule has 0 radical (unpaired) electrons. The first-order valence-corrected chi connectivity index (χ1v) is 5.86. The van der Waals surface area contributed by atoms with Gasteiger partial charge in [-0.1, -0.05) is 27.7 Å². The molecule has 0 aliphatic heterocycles. The van der Waals surface area contributed by atoms with Crippen LogP contribution in [-0.2, 0) is 11.2 Å². The fourth-order valence-corrected chi connectivity index (χ4v) is 1.62. The average molecular weight is 198 g/mol. The molecule has 1 heterocycles. The van der Waals surface area contributed by atoms with E-state index in [-0.39, 0.29) is 5.41 Å². The van der Waals surface area contributed by atoms with Crippen LogP contribution in [0.4, 0.5) is 0 Å². The molecule has 0 N–H and O–H groups in total. The predicted octanol–water partition coefficient (Wildman–Crippen LogP) is 3.83. The van der Waals surface area contributed by atoms with E-state index in [0.717, 1.165) is 23.0 Å². The fraction of sp³-hybridized carbons (Fsp3) is 0.636. The lowest BCUT2D eigenvalue weighted by atomic mass is 9.94. The summed E-state index contributed by atoms with van der Waals surface area (Å²) in [4.78, 5) is 0. The Hall–Kier alpha value is -0.370. The fourth-order valence-electron chi connectivity index (χ4n) is 1.06. The summed E-state index contributed by atoms with van der Waals surface area (Å²) in [5, 5.41) is 0. The number of rotatable bonds is 3. The highest BCUT2D eigenvalue weighted by molar-refractivity contribution is 7.98. The Balaban J connectivity index is 2.64. The molecule has 0 spiro atoms. The van der Waals surface area contributed by atoms with Crippen LogP contribution in [0.5, 0.6) is 0 Å². The van der Waals surface area contributed by atoms with Gasteiger partial charge in [0.25, 0.3) is 0 Å². The van der Waals surface area contributed by atoms with Crippen LogP contribution in [0.15, 0.2) is 16.5 Å². The van der Waals surface area contributed by atoms with E-state index in [1.165, 1.54) is 0 Å². The molecule has 2 heteroatoms. The smallest absolute Gasteiger partial charge is 0.114 e. The topological polar surface area (TPSA) is 13.1 Å². The van der Waals surface area contributed by atoms with E-state index >= 15 is 0 Å². The summed E-state index contributed by atoms with van der Waals surface area (Å²) in [6.45, 7) is 8.67. The van der Waals surface area contributed by atoms with Crippen molar-refractivity contribution in [3.8, 4) is 0 Å². The van der Waals surface area contributed by atoms with Gasteiger partial charge in [-0.3, -0.25) is 0 Å². The van der Waals surface area contributed by atoms with E-state index in [0.29, 0.717) is 0 Å². The Morgan fingerprint density at radius 2 is 2.00 bits per heavy atom. The average Bonchev–Trinajstić information content (AvgIpc) is 2.47. The second-order valence-electron chi connectivity index (χ2n) is 4.15. The molecule has 0 bridgehead atoms. The Morgan fingerprint density at radius 3 is 2.46 bits per heavy atom. The van der Waals surface area contributed by atoms with Crippen molar-refractivity contribution < 1.29 is 4.42 Å². The van der Waals surface area contributed by atoms with Gasteiger partial charge in [-0.25, -0.2) is 0 Å². The van der Waals surface area contributed by atoms with Gasteiger partial charge in [-0.2, -0.15) is 11.8 Å². The van der Waals surface area contributed by atoms with E-state index in [1.807, 2.05) is 11.8 Å². The van der Waals surface area contributed by atoms with Crippen molar-refractivity contribution in [1.82, 2.24) is 0 Å². The standard InChI is InChI=1S/C11H18OS/c1-5-13-8-9-6-7-10(12-9)11(2,3)4/h6-7H,5,8H2,1-4H3. The number of furan rings is 1. The van der Waals surface area contributed by atoms with Crippen molar-refractivity contribution in [2.45, 2.75) is 38.9 Å². The van der Waals surface area contributed by atoms with Crippen molar-refractivity contribution in [3.63, 3.8) is 0 Å². The SMILES string of the molecule is CCSCc1ccc(C(C)(C)C)o1. The van der Waals surface area contributed by atoms with Gasteiger partial charge in [0.2, 0.25) is 0 Å². The molecule has 0 amide bonds. The molecule has 0 aliphatic carbocycles. The highest BCUT2D eigenvalue weighted by Gasteiger charge is 2.17. The Kier molecular flexibility index (Phi) is 3.48. The molecule has 0 atom stereocenters. The summed E-state index contributed by atoms with van der Waals surface area (Å²) >= 11 is 1.89. The van der Waals surface area contributed by atoms with Crippen LogP contribution in [0.3, 0.4) is 0 Å². The van der Waals surface area contributed by atoms with Crippen LogP contribution in [0, 0.1) is 0 Å². The van der Waals surface area contributed by atoms with Gasteiger partial charge in [0.05, 0.1) is 5.75 Å². The van der Waals surface area contributed by atoms with Crippen LogP contribution in [0.2, 0.25) is 0 Å². The molecular formula is C11H18OS. The van der Waals surface area contributed by atoms with Crippen molar-refractivity contribution in [2.24, 2.45) is 0 Å². The third kappa shape index (κ3) is 3.11. The molecule has 0 fully saturated rings. The third-order valence-corrected chi connectivity index (χ3v) is 2.75. The zero-order chi connectivity index (χ0) is 9.90. The van der Waals surface area contributed by atoms with Gasteiger partial charge in [-0.15, -0.1) is 0 Å². The van der Waals surface area contributed by atoms with E-state index in [4.69, 9.17) is 4.42 Å². The summed E-state index contributed by atoms with van der Waals surface area (Å²) in [7, 11) is 0. The van der Waals surface area contributed by atoms with Crippen LogP contribution < -0.4 is 0 Å². The first-order valence-electron chi connectivity index (χ1n) is 4.71. The van der Waals surface area contributed by atoms with E-state index < -0.39 is 0 Å². The molecule has 74 valence electrons. The van der Waals surface area contributed by atoms with Gasteiger partial charge in [0, 0.05) is 5.41 Å². The zero-order valence-electron chi connectivity index (χ0n) is 8.89. The van der Waals surface area contributed by atoms with E-state index in [1.54, 1.807) is 0 Å². The minimum atomic E-state index is 0.134. The monoisotopic (exact) mass is 198 g/mol. The third-order valence-electron chi connectivity index (χ3n) is 1.85. The summed E-state index contributed by atoms with van der Waals surface area (Å²) in [5.74, 6) is 4.31. The van der Waals surface area contributed by atoms with Crippen LogP contribution in [0.1, 0.15) is 39.2 Å². The van der Waals surface area contributed by atoms with Crippen LogP contribution in [0.25, 0.3) is 0 Å². The molecule has 1 aromatic heterocycles. The lowest BCUT2D eigenvalue weighted by Gasteiger charge is -2.14. The van der Waals surface area contributed by atoms with Crippen molar-refractivity contribution in [1.29, 1.82) is 0 Å². The summed E-state index contributed by atoms with van der Waals surface area (Å²) in [5.41, 5.74) is 0.134.